The molecule has 10 nitrogen and oxygen atoms in total. The van der Waals surface area contributed by atoms with E-state index in [2.05, 4.69) is 31.1 Å². The Morgan fingerprint density at radius 3 is 2.23 bits per heavy atom. The zero-order chi connectivity index (χ0) is 34.9. The third kappa shape index (κ3) is 9.12. The Hall–Kier alpha value is -2.56. The first-order chi connectivity index (χ1) is 21.8. The van der Waals surface area contributed by atoms with Crippen LogP contribution >= 0.6 is 0 Å². The predicted octanol–water partition coefficient (Wildman–Crippen LogP) is 4.80. The second-order valence-electron chi connectivity index (χ2n) is 16.7. The summed E-state index contributed by atoms with van der Waals surface area (Å²) in [7, 11) is -3.38. The van der Waals surface area contributed by atoms with Crippen LogP contribution in [-0.2, 0) is 29.0 Å². The van der Waals surface area contributed by atoms with Crippen molar-refractivity contribution in [3.8, 4) is 0 Å². The summed E-state index contributed by atoms with van der Waals surface area (Å²) in [5.41, 5.74) is -1.76. The van der Waals surface area contributed by atoms with Gasteiger partial charge in [0.05, 0.1) is 17.3 Å². The largest absolute Gasteiger partial charge is 0.332 e. The summed E-state index contributed by atoms with van der Waals surface area (Å²) in [4.78, 5) is 69.9. The molecule has 1 saturated heterocycles. The number of ketones is 3. The van der Waals surface area contributed by atoms with Gasteiger partial charge in [0.15, 0.2) is 11.6 Å². The molecule has 2 N–H and O–H groups in total. The lowest BCUT2D eigenvalue weighted by molar-refractivity contribution is -0.144. The number of amides is 3. The average molecular weight is 676 g/mol. The van der Waals surface area contributed by atoms with E-state index in [0.29, 0.717) is 44.6 Å². The summed E-state index contributed by atoms with van der Waals surface area (Å²) in [6, 6.07) is -2.31. The van der Waals surface area contributed by atoms with Crippen molar-refractivity contribution in [3.05, 3.63) is 12.7 Å². The van der Waals surface area contributed by atoms with Gasteiger partial charge in [-0.15, -0.1) is 6.58 Å². The highest BCUT2D eigenvalue weighted by Gasteiger charge is 2.69. The van der Waals surface area contributed by atoms with Crippen molar-refractivity contribution in [1.82, 2.24) is 15.5 Å². The van der Waals surface area contributed by atoms with Crippen LogP contribution in [0, 0.1) is 34.5 Å². The van der Waals surface area contributed by atoms with Crippen molar-refractivity contribution < 1.29 is 32.4 Å². The van der Waals surface area contributed by atoms with Crippen molar-refractivity contribution in [2.24, 2.45) is 34.5 Å². The Morgan fingerprint density at radius 2 is 1.68 bits per heavy atom. The van der Waals surface area contributed by atoms with Crippen molar-refractivity contribution in [3.63, 3.8) is 0 Å². The summed E-state index contributed by atoms with van der Waals surface area (Å²) >= 11 is 0. The van der Waals surface area contributed by atoms with Gasteiger partial charge in [-0.05, 0) is 60.7 Å². The van der Waals surface area contributed by atoms with Crippen molar-refractivity contribution >= 4 is 39.1 Å². The van der Waals surface area contributed by atoms with E-state index in [9.17, 15) is 32.4 Å². The Labute approximate surface area is 281 Å². The minimum atomic E-state index is -3.38. The molecule has 1 aliphatic heterocycles. The second-order valence-corrected chi connectivity index (χ2v) is 18.9. The fourth-order valence-corrected chi connectivity index (χ4v) is 9.67. The molecule has 3 saturated carbocycles. The smallest absolute Gasteiger partial charge is 0.315 e. The van der Waals surface area contributed by atoms with Gasteiger partial charge in [0.25, 0.3) is 0 Å². The van der Waals surface area contributed by atoms with Crippen molar-refractivity contribution in [1.29, 1.82) is 0 Å². The first kappa shape index (κ1) is 37.3. The molecule has 0 aromatic carbocycles. The molecule has 47 heavy (non-hydrogen) atoms. The quantitative estimate of drug-likeness (QED) is 0.136. The molecule has 5 atom stereocenters. The molecular weight excluding hydrogens is 618 g/mol. The van der Waals surface area contributed by atoms with Crippen LogP contribution in [0.1, 0.15) is 112 Å². The maximum atomic E-state index is 14.4. The molecule has 264 valence electrons. The lowest BCUT2D eigenvalue weighted by atomic mass is 9.82. The SMILES string of the molecule is C=CCCCC(=O)C(=O)C(CC(=O)[C@@H]1[C@@H]2[C@H](CN1C(=O)[C@@H](NC(=O)NC1(CS(C)(=O)=O)CCCCC1)C(C)(C)C)C2(C)C)CC1CC1. The number of Topliss-reactive ketones (excluding diaryl/α,β-unsaturated/α-hetero) is 3. The van der Waals surface area contributed by atoms with Gasteiger partial charge in [-0.3, -0.25) is 19.2 Å². The standard InChI is InChI=1S/C36H57N3O7S/c1-8-9-11-14-26(40)30(42)24(19-23-15-16-23)20-27(41)29-28-25(35(28,5)6)21-39(29)32(43)31(34(2,3)4)37-33(44)38-36(22-47(7,45)46)17-12-10-13-18-36/h8,23-25,28-29,31H,1,9-22H2,2-7H3,(H2,37,38,44)/t24?,25-,28-,29+,31+/m0/s1. The molecule has 3 amide bonds. The fraction of sp³-hybridized carbons (Fsp3) is 0.806. The predicted molar refractivity (Wildman–Crippen MR) is 181 cm³/mol. The van der Waals surface area contributed by atoms with Gasteiger partial charge in [-0.25, -0.2) is 13.2 Å². The lowest BCUT2D eigenvalue weighted by Gasteiger charge is -2.40. The number of carbonyl (C=O) groups is 5. The maximum Gasteiger partial charge on any atom is 0.315 e. The first-order valence-corrected chi connectivity index (χ1v) is 19.6. The molecule has 0 bridgehead atoms. The molecule has 3 aliphatic carbocycles. The molecule has 1 heterocycles. The van der Waals surface area contributed by atoms with E-state index in [1.807, 2.05) is 20.8 Å². The van der Waals surface area contributed by atoms with Gasteiger partial charge >= 0.3 is 6.03 Å². The number of nitrogens with zero attached hydrogens (tertiary/aromatic N) is 1. The van der Waals surface area contributed by atoms with E-state index >= 15 is 0 Å². The summed E-state index contributed by atoms with van der Waals surface area (Å²) in [6.07, 6.45) is 10.3. The average Bonchev–Trinajstić information content (AvgIpc) is 3.81. The Balaban J connectivity index is 1.53. The topological polar surface area (TPSA) is 147 Å². The summed E-state index contributed by atoms with van der Waals surface area (Å²) in [5, 5.41) is 5.83. The summed E-state index contributed by atoms with van der Waals surface area (Å²) < 4.78 is 24.6. The van der Waals surface area contributed by atoms with Crippen LogP contribution < -0.4 is 10.6 Å². The van der Waals surface area contributed by atoms with Gasteiger partial charge in [0.2, 0.25) is 11.7 Å². The minimum Gasteiger partial charge on any atom is -0.332 e. The number of nitrogens with one attached hydrogen (secondary N) is 2. The second kappa shape index (κ2) is 14.1. The van der Waals surface area contributed by atoms with Crippen LogP contribution in [0.4, 0.5) is 4.79 Å². The number of piperidine rings is 1. The number of rotatable bonds is 16. The van der Waals surface area contributed by atoms with Gasteiger partial charge in [-0.2, -0.15) is 0 Å². The highest BCUT2D eigenvalue weighted by Crippen LogP contribution is 2.65. The Bertz CT molecular complexity index is 1350. The summed E-state index contributed by atoms with van der Waals surface area (Å²) in [5.74, 6) is -1.93. The Kier molecular flexibility index (Phi) is 11.2. The zero-order valence-electron chi connectivity index (χ0n) is 29.4. The number of fused-ring (bicyclic) bond motifs is 1. The van der Waals surface area contributed by atoms with Gasteiger partial charge in [0.1, 0.15) is 15.9 Å². The molecule has 0 aromatic heterocycles. The molecule has 0 radical (unpaired) electrons. The molecule has 4 fully saturated rings. The molecule has 4 aliphatic rings. The molecular formula is C36H57N3O7S. The number of sulfone groups is 1. The highest BCUT2D eigenvalue weighted by molar-refractivity contribution is 7.90. The van der Waals surface area contributed by atoms with Crippen LogP contribution in [0.15, 0.2) is 12.7 Å². The van der Waals surface area contributed by atoms with E-state index in [1.54, 1.807) is 11.0 Å². The molecule has 4 rings (SSSR count). The van der Waals surface area contributed by atoms with E-state index in [0.717, 1.165) is 32.1 Å². The number of carbonyl (C=O) groups excluding carboxylic acids is 5. The highest BCUT2D eigenvalue weighted by atomic mass is 32.2. The van der Waals surface area contributed by atoms with Gasteiger partial charge in [0, 0.05) is 31.6 Å². The maximum absolute atomic E-state index is 14.4. The molecule has 1 unspecified atom stereocenters. The van der Waals surface area contributed by atoms with Crippen molar-refractivity contribution in [2.75, 3.05) is 18.6 Å². The van der Waals surface area contributed by atoms with Crippen LogP contribution in [0.3, 0.4) is 0 Å². The van der Waals surface area contributed by atoms with Crippen LogP contribution in [0.2, 0.25) is 0 Å². The monoisotopic (exact) mass is 675 g/mol. The summed E-state index contributed by atoms with van der Waals surface area (Å²) in [6.45, 7) is 13.8. The lowest BCUT2D eigenvalue weighted by Crippen LogP contribution is -2.63. The number of urea groups is 1. The molecule has 11 heteroatoms. The number of allylic oxidation sites excluding steroid dienone is 1. The third-order valence-electron chi connectivity index (χ3n) is 11.2. The normalized spacial score (nSPS) is 26.0. The van der Waals surface area contributed by atoms with Crippen LogP contribution in [0.5, 0.6) is 0 Å². The fourth-order valence-electron chi connectivity index (χ4n) is 8.30. The van der Waals surface area contributed by atoms with Gasteiger partial charge in [-0.1, -0.05) is 72.8 Å². The third-order valence-corrected chi connectivity index (χ3v) is 12.2. The minimum absolute atomic E-state index is 0.0615. The first-order valence-electron chi connectivity index (χ1n) is 17.6. The Morgan fingerprint density at radius 1 is 1.04 bits per heavy atom. The molecule has 0 aromatic rings. The number of hydrogen-bond acceptors (Lipinski definition) is 7. The number of likely N-dealkylation sites (tertiary alicyclic amines) is 1. The van der Waals surface area contributed by atoms with Gasteiger partial charge < -0.3 is 15.5 Å². The van der Waals surface area contributed by atoms with E-state index in [-0.39, 0.29) is 47.5 Å². The number of hydrogen-bond donors (Lipinski definition) is 2. The van der Waals surface area contributed by atoms with E-state index in [1.165, 1.54) is 6.26 Å². The van der Waals surface area contributed by atoms with E-state index in [4.69, 9.17) is 0 Å². The zero-order valence-corrected chi connectivity index (χ0v) is 30.2. The van der Waals surface area contributed by atoms with E-state index < -0.39 is 56.4 Å². The number of unbranched alkanes of at least 4 members (excludes halogenated alkanes) is 1. The van der Waals surface area contributed by atoms with Crippen LogP contribution in [0.25, 0.3) is 0 Å². The van der Waals surface area contributed by atoms with Crippen LogP contribution in [-0.4, -0.2) is 78.8 Å². The van der Waals surface area contributed by atoms with Crippen molar-refractivity contribution in [2.45, 2.75) is 129 Å². The molecule has 0 spiro atoms.